The molecule has 1 aromatic heterocycles. The standard InChI is InChI=1S/C17H14Cl2N2O3S/c1-20(2)15-6-5-12(24-15)8-14-16(22)21(17(23)25-14)9-10-3-4-11(18)7-13(10)19/h3-8H,9H2,1-2H3/b14-8-. The lowest BCUT2D eigenvalue weighted by atomic mass is 10.2. The predicted molar refractivity (Wildman–Crippen MR) is 101 cm³/mol. The van der Waals surface area contributed by atoms with Crippen molar-refractivity contribution >= 4 is 58.1 Å². The zero-order valence-electron chi connectivity index (χ0n) is 13.5. The minimum atomic E-state index is -0.371. The van der Waals surface area contributed by atoms with E-state index in [1.54, 1.807) is 36.4 Å². The van der Waals surface area contributed by atoms with Crippen molar-refractivity contribution in [3.05, 3.63) is 56.6 Å². The highest BCUT2D eigenvalue weighted by Gasteiger charge is 2.35. The monoisotopic (exact) mass is 396 g/mol. The summed E-state index contributed by atoms with van der Waals surface area (Å²) in [4.78, 5) is 28.0. The zero-order chi connectivity index (χ0) is 18.1. The van der Waals surface area contributed by atoms with Crippen LogP contribution in [0.25, 0.3) is 6.08 Å². The summed E-state index contributed by atoms with van der Waals surface area (Å²) >= 11 is 12.9. The minimum absolute atomic E-state index is 0.0963. The maximum atomic E-state index is 12.5. The largest absolute Gasteiger partial charge is 0.441 e. The van der Waals surface area contributed by atoms with Gasteiger partial charge in [0, 0.05) is 36.3 Å². The maximum Gasteiger partial charge on any atom is 0.293 e. The number of amides is 2. The van der Waals surface area contributed by atoms with E-state index in [-0.39, 0.29) is 17.7 Å². The fraction of sp³-hybridized carbons (Fsp3) is 0.176. The molecule has 2 heterocycles. The van der Waals surface area contributed by atoms with Crippen molar-refractivity contribution in [2.75, 3.05) is 19.0 Å². The maximum absolute atomic E-state index is 12.5. The molecule has 0 radical (unpaired) electrons. The topological polar surface area (TPSA) is 53.8 Å². The number of rotatable bonds is 4. The van der Waals surface area contributed by atoms with Gasteiger partial charge in [0.15, 0.2) is 5.88 Å². The number of carbonyl (C=O) groups is 2. The SMILES string of the molecule is CN(C)c1ccc(/C=C2\SC(=O)N(Cc3ccc(Cl)cc3Cl)C2=O)o1. The molecule has 3 rings (SSSR count). The van der Waals surface area contributed by atoms with Crippen LogP contribution in [0, 0.1) is 0 Å². The van der Waals surface area contributed by atoms with Crippen LogP contribution in [0.2, 0.25) is 10.0 Å². The number of halogens is 2. The molecule has 8 heteroatoms. The van der Waals surface area contributed by atoms with E-state index < -0.39 is 0 Å². The third-order valence-electron chi connectivity index (χ3n) is 3.54. The molecular formula is C17H14Cl2N2O3S. The Balaban J connectivity index is 1.80. The predicted octanol–water partition coefficient (Wildman–Crippen LogP) is 4.89. The summed E-state index contributed by atoms with van der Waals surface area (Å²) in [5, 5.41) is 0.566. The van der Waals surface area contributed by atoms with E-state index in [2.05, 4.69) is 0 Å². The van der Waals surface area contributed by atoms with Gasteiger partial charge in [0.2, 0.25) is 0 Å². The van der Waals surface area contributed by atoms with Crippen LogP contribution in [0.4, 0.5) is 10.7 Å². The first kappa shape index (κ1) is 17.9. The Hall–Kier alpha value is -1.89. The molecule has 0 saturated carbocycles. The van der Waals surface area contributed by atoms with E-state index >= 15 is 0 Å². The molecule has 1 fully saturated rings. The second-order valence-corrected chi connectivity index (χ2v) is 7.41. The van der Waals surface area contributed by atoms with E-state index in [9.17, 15) is 9.59 Å². The highest BCUT2D eigenvalue weighted by Crippen LogP contribution is 2.35. The van der Waals surface area contributed by atoms with Gasteiger partial charge >= 0.3 is 0 Å². The molecule has 5 nitrogen and oxygen atoms in total. The molecule has 0 atom stereocenters. The first-order valence-electron chi connectivity index (χ1n) is 7.31. The number of imide groups is 1. The Morgan fingerprint density at radius 1 is 1.20 bits per heavy atom. The lowest BCUT2D eigenvalue weighted by Gasteiger charge is -2.13. The second-order valence-electron chi connectivity index (χ2n) is 5.57. The fourth-order valence-electron chi connectivity index (χ4n) is 2.25. The number of thioether (sulfide) groups is 1. The van der Waals surface area contributed by atoms with Gasteiger partial charge in [-0.05, 0) is 35.5 Å². The number of hydrogen-bond donors (Lipinski definition) is 0. The number of hydrogen-bond acceptors (Lipinski definition) is 5. The third kappa shape index (κ3) is 3.86. The molecule has 0 unspecified atom stereocenters. The molecule has 1 aliphatic rings. The van der Waals surface area contributed by atoms with Gasteiger partial charge in [-0.25, -0.2) is 0 Å². The molecule has 0 bridgehead atoms. The quantitative estimate of drug-likeness (QED) is 0.688. The van der Waals surface area contributed by atoms with Gasteiger partial charge in [0.1, 0.15) is 5.76 Å². The van der Waals surface area contributed by atoms with Crippen molar-refractivity contribution < 1.29 is 14.0 Å². The lowest BCUT2D eigenvalue weighted by molar-refractivity contribution is -0.123. The van der Waals surface area contributed by atoms with Gasteiger partial charge in [0.25, 0.3) is 11.1 Å². The van der Waals surface area contributed by atoms with Gasteiger partial charge in [-0.3, -0.25) is 14.5 Å². The summed E-state index contributed by atoms with van der Waals surface area (Å²) in [7, 11) is 3.71. The van der Waals surface area contributed by atoms with Crippen LogP contribution in [-0.2, 0) is 11.3 Å². The summed E-state index contributed by atoms with van der Waals surface area (Å²) in [5.74, 6) is 0.806. The van der Waals surface area contributed by atoms with Crippen molar-refractivity contribution in [1.82, 2.24) is 4.90 Å². The van der Waals surface area contributed by atoms with Gasteiger partial charge in [-0.2, -0.15) is 0 Å². The van der Waals surface area contributed by atoms with Crippen LogP contribution in [-0.4, -0.2) is 30.1 Å². The van der Waals surface area contributed by atoms with Gasteiger partial charge in [-0.15, -0.1) is 0 Å². The lowest BCUT2D eigenvalue weighted by Crippen LogP contribution is -2.27. The Labute approximate surface area is 159 Å². The van der Waals surface area contributed by atoms with Gasteiger partial charge in [0.05, 0.1) is 11.4 Å². The summed E-state index contributed by atoms with van der Waals surface area (Å²) in [6.45, 7) is 0.0963. The van der Waals surface area contributed by atoms with Crippen molar-refractivity contribution in [1.29, 1.82) is 0 Å². The third-order valence-corrected chi connectivity index (χ3v) is 5.04. The Morgan fingerprint density at radius 3 is 2.60 bits per heavy atom. The number of benzene rings is 1. The van der Waals surface area contributed by atoms with E-state index in [0.717, 1.165) is 16.7 Å². The Morgan fingerprint density at radius 2 is 1.96 bits per heavy atom. The van der Waals surface area contributed by atoms with E-state index in [0.29, 0.717) is 32.2 Å². The average molecular weight is 397 g/mol. The fourth-order valence-corrected chi connectivity index (χ4v) is 3.53. The smallest absolute Gasteiger partial charge is 0.293 e. The van der Waals surface area contributed by atoms with Crippen molar-refractivity contribution in [2.24, 2.45) is 0 Å². The number of nitrogens with zero attached hydrogens (tertiary/aromatic N) is 2. The minimum Gasteiger partial charge on any atom is -0.441 e. The molecule has 1 saturated heterocycles. The van der Waals surface area contributed by atoms with Crippen LogP contribution >= 0.6 is 35.0 Å². The molecular weight excluding hydrogens is 383 g/mol. The average Bonchev–Trinajstić information content (AvgIpc) is 3.10. The van der Waals surface area contributed by atoms with Gasteiger partial charge in [-0.1, -0.05) is 29.3 Å². The number of furan rings is 1. The van der Waals surface area contributed by atoms with Crippen LogP contribution in [0.3, 0.4) is 0 Å². The van der Waals surface area contributed by atoms with E-state index in [1.165, 1.54) is 0 Å². The molecule has 2 amide bonds. The molecule has 0 aliphatic carbocycles. The first-order chi connectivity index (χ1) is 11.8. The zero-order valence-corrected chi connectivity index (χ0v) is 15.8. The first-order valence-corrected chi connectivity index (χ1v) is 8.89. The van der Waals surface area contributed by atoms with Crippen molar-refractivity contribution in [3.63, 3.8) is 0 Å². The molecule has 2 aromatic rings. The van der Waals surface area contributed by atoms with Crippen LogP contribution < -0.4 is 4.90 Å². The van der Waals surface area contributed by atoms with E-state index in [4.69, 9.17) is 27.6 Å². The number of anilines is 1. The highest BCUT2D eigenvalue weighted by molar-refractivity contribution is 8.18. The second kappa shape index (κ2) is 7.15. The highest BCUT2D eigenvalue weighted by atomic mass is 35.5. The summed E-state index contributed by atoms with van der Waals surface area (Å²) in [6.07, 6.45) is 1.57. The molecule has 0 N–H and O–H groups in total. The number of carbonyl (C=O) groups excluding carboxylic acids is 2. The summed E-state index contributed by atoms with van der Waals surface area (Å²) in [6, 6.07) is 8.50. The normalized spacial score (nSPS) is 16.2. The van der Waals surface area contributed by atoms with Crippen molar-refractivity contribution in [2.45, 2.75) is 6.54 Å². The molecule has 1 aromatic carbocycles. The summed E-state index contributed by atoms with van der Waals surface area (Å²) in [5.41, 5.74) is 0.655. The molecule has 130 valence electrons. The van der Waals surface area contributed by atoms with Crippen LogP contribution in [0.1, 0.15) is 11.3 Å². The Kier molecular flexibility index (Phi) is 5.13. The van der Waals surface area contributed by atoms with Crippen molar-refractivity contribution in [3.8, 4) is 0 Å². The molecule has 1 aliphatic heterocycles. The molecule has 25 heavy (non-hydrogen) atoms. The summed E-state index contributed by atoms with van der Waals surface area (Å²) < 4.78 is 5.59. The Bertz CT molecular complexity index is 877. The van der Waals surface area contributed by atoms with Gasteiger partial charge < -0.3 is 9.32 Å². The van der Waals surface area contributed by atoms with Crippen LogP contribution in [0.15, 0.2) is 39.7 Å². The molecule has 0 spiro atoms. The van der Waals surface area contributed by atoms with E-state index in [1.807, 2.05) is 19.0 Å². The van der Waals surface area contributed by atoms with Crippen LogP contribution in [0.5, 0.6) is 0 Å².